The Hall–Kier alpha value is -1.34. The van der Waals surface area contributed by atoms with Crippen molar-refractivity contribution in [1.29, 1.82) is 0 Å². The van der Waals surface area contributed by atoms with Gasteiger partial charge in [0.2, 0.25) is 10.0 Å². The molecule has 0 saturated heterocycles. The van der Waals surface area contributed by atoms with Crippen molar-refractivity contribution in [3.8, 4) is 5.75 Å². The molecule has 21 heavy (non-hydrogen) atoms. The quantitative estimate of drug-likeness (QED) is 0.919. The van der Waals surface area contributed by atoms with Crippen LogP contribution >= 0.6 is 23.2 Å². The van der Waals surface area contributed by atoms with Crippen LogP contribution in [-0.4, -0.2) is 8.42 Å². The Balaban J connectivity index is 2.33. The van der Waals surface area contributed by atoms with Crippen molar-refractivity contribution in [3.63, 3.8) is 0 Å². The van der Waals surface area contributed by atoms with Gasteiger partial charge in [0.05, 0.1) is 0 Å². The van der Waals surface area contributed by atoms with Crippen LogP contribution in [0, 0.1) is 5.82 Å². The smallest absolute Gasteiger partial charge is 0.241 e. The van der Waals surface area contributed by atoms with Crippen LogP contribution in [0.25, 0.3) is 0 Å². The lowest BCUT2D eigenvalue weighted by molar-refractivity contribution is 0.297. The Labute approximate surface area is 131 Å². The van der Waals surface area contributed by atoms with E-state index in [0.29, 0.717) is 15.6 Å². The van der Waals surface area contributed by atoms with Gasteiger partial charge in [-0.25, -0.2) is 17.9 Å². The van der Waals surface area contributed by atoms with Gasteiger partial charge in [0.1, 0.15) is 23.1 Å². The molecule has 0 saturated carbocycles. The summed E-state index contributed by atoms with van der Waals surface area (Å²) in [6, 6.07) is 7.95. The SMILES string of the molecule is NS(=O)(=O)c1cc(F)ccc1OCc1c(Cl)cccc1Cl. The van der Waals surface area contributed by atoms with Crippen LogP contribution in [0.4, 0.5) is 4.39 Å². The summed E-state index contributed by atoms with van der Waals surface area (Å²) in [5.74, 6) is -0.808. The Morgan fingerprint density at radius 1 is 1.14 bits per heavy atom. The third-order valence-electron chi connectivity index (χ3n) is 2.65. The van der Waals surface area contributed by atoms with E-state index < -0.39 is 20.7 Å². The van der Waals surface area contributed by atoms with E-state index >= 15 is 0 Å². The van der Waals surface area contributed by atoms with Crippen LogP contribution in [0.2, 0.25) is 10.0 Å². The molecule has 0 spiro atoms. The lowest BCUT2D eigenvalue weighted by atomic mass is 10.2. The number of primary sulfonamides is 1. The van der Waals surface area contributed by atoms with Gasteiger partial charge in [0.25, 0.3) is 0 Å². The molecule has 2 aromatic carbocycles. The second kappa shape index (κ2) is 6.19. The predicted octanol–water partition coefficient (Wildman–Crippen LogP) is 3.36. The summed E-state index contributed by atoms with van der Waals surface area (Å²) in [4.78, 5) is -0.439. The van der Waals surface area contributed by atoms with Crippen LogP contribution in [-0.2, 0) is 16.6 Å². The molecule has 112 valence electrons. The first-order chi connectivity index (χ1) is 9.79. The Morgan fingerprint density at radius 2 is 1.76 bits per heavy atom. The minimum absolute atomic E-state index is 0.0742. The average molecular weight is 350 g/mol. The highest BCUT2D eigenvalue weighted by molar-refractivity contribution is 7.89. The topological polar surface area (TPSA) is 69.4 Å². The molecular formula is C13H10Cl2FNO3S. The highest BCUT2D eigenvalue weighted by atomic mass is 35.5. The standard InChI is InChI=1S/C13H10Cl2FNO3S/c14-10-2-1-3-11(15)9(10)7-20-12-5-4-8(16)6-13(12)21(17,18)19/h1-6H,7H2,(H2,17,18,19). The summed E-state index contributed by atoms with van der Waals surface area (Å²) in [7, 11) is -4.11. The van der Waals surface area contributed by atoms with E-state index in [4.69, 9.17) is 33.1 Å². The zero-order valence-electron chi connectivity index (χ0n) is 10.5. The van der Waals surface area contributed by atoms with Crippen molar-refractivity contribution >= 4 is 33.2 Å². The van der Waals surface area contributed by atoms with Crippen molar-refractivity contribution < 1.29 is 17.5 Å². The molecule has 2 N–H and O–H groups in total. The number of ether oxygens (including phenoxy) is 1. The zero-order valence-corrected chi connectivity index (χ0v) is 12.8. The fourth-order valence-corrected chi connectivity index (χ4v) is 2.83. The molecule has 0 radical (unpaired) electrons. The fourth-order valence-electron chi connectivity index (χ4n) is 1.64. The van der Waals surface area contributed by atoms with Crippen molar-refractivity contribution in [2.45, 2.75) is 11.5 Å². The van der Waals surface area contributed by atoms with E-state index in [0.717, 1.165) is 12.1 Å². The predicted molar refractivity (Wildman–Crippen MR) is 78.6 cm³/mol. The third-order valence-corrected chi connectivity index (χ3v) is 4.29. The maximum atomic E-state index is 13.2. The minimum Gasteiger partial charge on any atom is -0.487 e. The van der Waals surface area contributed by atoms with E-state index in [2.05, 4.69) is 0 Å². The Bertz CT molecular complexity index is 761. The number of rotatable bonds is 4. The second-order valence-electron chi connectivity index (χ2n) is 4.12. The molecule has 8 heteroatoms. The Kier molecular flexibility index (Phi) is 4.73. The highest BCUT2D eigenvalue weighted by Gasteiger charge is 2.17. The van der Waals surface area contributed by atoms with Crippen molar-refractivity contribution in [2.24, 2.45) is 5.14 Å². The summed E-state index contributed by atoms with van der Waals surface area (Å²) in [5, 5.41) is 5.78. The molecule has 0 unspecified atom stereocenters. The normalized spacial score (nSPS) is 11.4. The summed E-state index contributed by atoms with van der Waals surface area (Å²) < 4.78 is 41.4. The molecule has 0 aliphatic rings. The Morgan fingerprint density at radius 3 is 2.33 bits per heavy atom. The average Bonchev–Trinajstić information content (AvgIpc) is 2.38. The fraction of sp³-hybridized carbons (Fsp3) is 0.0769. The van der Waals surface area contributed by atoms with Crippen molar-refractivity contribution in [1.82, 2.24) is 0 Å². The van der Waals surface area contributed by atoms with Crippen molar-refractivity contribution in [2.75, 3.05) is 0 Å². The van der Waals surface area contributed by atoms with Crippen LogP contribution in [0.15, 0.2) is 41.3 Å². The van der Waals surface area contributed by atoms with E-state index in [1.165, 1.54) is 6.07 Å². The molecular weight excluding hydrogens is 340 g/mol. The molecule has 2 aromatic rings. The van der Waals surface area contributed by atoms with Gasteiger partial charge in [0, 0.05) is 15.6 Å². The molecule has 0 amide bonds. The first-order valence-electron chi connectivity index (χ1n) is 5.67. The lowest BCUT2D eigenvalue weighted by Crippen LogP contribution is -2.14. The van der Waals surface area contributed by atoms with E-state index in [1.54, 1.807) is 18.2 Å². The number of benzene rings is 2. The lowest BCUT2D eigenvalue weighted by Gasteiger charge is -2.12. The molecule has 4 nitrogen and oxygen atoms in total. The number of hydrogen-bond acceptors (Lipinski definition) is 3. The van der Waals surface area contributed by atoms with Crippen LogP contribution in [0.3, 0.4) is 0 Å². The van der Waals surface area contributed by atoms with Crippen LogP contribution < -0.4 is 9.88 Å². The van der Waals surface area contributed by atoms with E-state index in [9.17, 15) is 12.8 Å². The molecule has 0 aliphatic heterocycles. The molecule has 0 bridgehead atoms. The monoisotopic (exact) mass is 349 g/mol. The van der Waals surface area contributed by atoms with Gasteiger partial charge < -0.3 is 4.74 Å². The molecule has 0 heterocycles. The summed E-state index contributed by atoms with van der Waals surface area (Å²) in [6.45, 7) is -0.0767. The van der Waals surface area contributed by atoms with Gasteiger partial charge in [-0.3, -0.25) is 0 Å². The van der Waals surface area contributed by atoms with Gasteiger partial charge in [0.15, 0.2) is 0 Å². The van der Waals surface area contributed by atoms with Crippen LogP contribution in [0.1, 0.15) is 5.56 Å². The number of halogens is 3. The number of sulfonamides is 1. The maximum Gasteiger partial charge on any atom is 0.241 e. The van der Waals surface area contributed by atoms with E-state index in [-0.39, 0.29) is 12.4 Å². The van der Waals surface area contributed by atoms with Gasteiger partial charge in [-0.05, 0) is 30.3 Å². The third kappa shape index (κ3) is 3.85. The van der Waals surface area contributed by atoms with Gasteiger partial charge in [-0.1, -0.05) is 29.3 Å². The van der Waals surface area contributed by atoms with Gasteiger partial charge in [-0.2, -0.15) is 0 Å². The second-order valence-corrected chi connectivity index (χ2v) is 6.47. The zero-order chi connectivity index (χ0) is 15.6. The largest absolute Gasteiger partial charge is 0.487 e. The summed E-state index contributed by atoms with van der Waals surface area (Å²) in [5.41, 5.74) is 0.491. The summed E-state index contributed by atoms with van der Waals surface area (Å²) in [6.07, 6.45) is 0. The molecule has 0 atom stereocenters. The number of hydrogen-bond donors (Lipinski definition) is 1. The number of nitrogens with two attached hydrogens (primary N) is 1. The molecule has 0 aliphatic carbocycles. The van der Waals surface area contributed by atoms with Crippen LogP contribution in [0.5, 0.6) is 5.75 Å². The highest BCUT2D eigenvalue weighted by Crippen LogP contribution is 2.28. The molecule has 0 fully saturated rings. The van der Waals surface area contributed by atoms with Gasteiger partial charge >= 0.3 is 0 Å². The summed E-state index contributed by atoms with van der Waals surface area (Å²) >= 11 is 12.0. The van der Waals surface area contributed by atoms with Gasteiger partial charge in [-0.15, -0.1) is 0 Å². The molecule has 0 aromatic heterocycles. The van der Waals surface area contributed by atoms with Crippen molar-refractivity contribution in [3.05, 3.63) is 57.8 Å². The maximum absolute atomic E-state index is 13.2. The van der Waals surface area contributed by atoms with E-state index in [1.807, 2.05) is 0 Å². The minimum atomic E-state index is -4.11. The first-order valence-corrected chi connectivity index (χ1v) is 7.97. The first kappa shape index (κ1) is 16.0. The molecule has 2 rings (SSSR count).